The fraction of sp³-hybridized carbons (Fsp3) is 0. The molecular formula is C12H5Cl2N5OS. The first-order valence-corrected chi connectivity index (χ1v) is 7.38. The van der Waals surface area contributed by atoms with Crippen molar-refractivity contribution in [2.24, 2.45) is 0 Å². The van der Waals surface area contributed by atoms with Gasteiger partial charge in [0.05, 0.1) is 6.26 Å². The molecule has 6 nitrogen and oxygen atoms in total. The number of pyridine rings is 1. The number of furan rings is 1. The fourth-order valence-corrected chi connectivity index (χ4v) is 3.21. The molecule has 0 N–H and O–H groups in total. The topological polar surface area (TPSA) is 69.1 Å². The Labute approximate surface area is 132 Å². The summed E-state index contributed by atoms with van der Waals surface area (Å²) in [6.45, 7) is 0. The van der Waals surface area contributed by atoms with Gasteiger partial charge in [-0.1, -0.05) is 34.5 Å². The molecule has 9 heteroatoms. The van der Waals surface area contributed by atoms with E-state index >= 15 is 0 Å². The van der Waals surface area contributed by atoms with E-state index in [2.05, 4.69) is 20.3 Å². The Hall–Kier alpha value is -1.96. The van der Waals surface area contributed by atoms with Crippen LogP contribution >= 0.6 is 34.5 Å². The van der Waals surface area contributed by atoms with Gasteiger partial charge in [-0.05, 0) is 24.3 Å². The van der Waals surface area contributed by atoms with Crippen LogP contribution in [0.2, 0.25) is 10.3 Å². The summed E-state index contributed by atoms with van der Waals surface area (Å²) in [7, 11) is 0. The van der Waals surface area contributed by atoms with E-state index < -0.39 is 0 Å². The minimum absolute atomic E-state index is 0.298. The molecule has 0 saturated carbocycles. The standard InChI is InChI=1S/C12H5Cl2N5OS/c13-8-4-3-6(9(14)15-8)11-18-19-10(7-2-1-5-20-7)16-17-12(19)21-11/h1-5H. The summed E-state index contributed by atoms with van der Waals surface area (Å²) >= 11 is 13.3. The van der Waals surface area contributed by atoms with Crippen molar-refractivity contribution in [3.8, 4) is 22.2 Å². The molecule has 0 spiro atoms. The maximum Gasteiger partial charge on any atom is 0.235 e. The molecule has 0 aliphatic rings. The summed E-state index contributed by atoms with van der Waals surface area (Å²) in [5.74, 6) is 1.13. The third-order valence-electron chi connectivity index (χ3n) is 2.78. The Morgan fingerprint density at radius 1 is 1.14 bits per heavy atom. The molecule has 4 aromatic rings. The number of hydrogen-bond donors (Lipinski definition) is 0. The molecule has 0 unspecified atom stereocenters. The second-order valence-corrected chi connectivity index (χ2v) is 5.78. The zero-order valence-corrected chi connectivity index (χ0v) is 12.5. The van der Waals surface area contributed by atoms with E-state index in [-0.39, 0.29) is 0 Å². The third-order valence-corrected chi connectivity index (χ3v) is 4.21. The number of halogens is 2. The van der Waals surface area contributed by atoms with Gasteiger partial charge in [-0.3, -0.25) is 0 Å². The summed E-state index contributed by atoms with van der Waals surface area (Å²) < 4.78 is 6.94. The van der Waals surface area contributed by atoms with Crippen LogP contribution < -0.4 is 0 Å². The van der Waals surface area contributed by atoms with Gasteiger partial charge in [0, 0.05) is 5.56 Å². The molecule has 4 aromatic heterocycles. The summed E-state index contributed by atoms with van der Waals surface area (Å²) in [6.07, 6.45) is 1.57. The molecule has 21 heavy (non-hydrogen) atoms. The van der Waals surface area contributed by atoms with E-state index in [1.807, 2.05) is 0 Å². The van der Waals surface area contributed by atoms with Gasteiger partial charge in [0.1, 0.15) is 10.3 Å². The smallest absolute Gasteiger partial charge is 0.235 e. The van der Waals surface area contributed by atoms with Crippen molar-refractivity contribution < 1.29 is 4.42 Å². The van der Waals surface area contributed by atoms with Gasteiger partial charge in [-0.25, -0.2) is 4.98 Å². The summed E-state index contributed by atoms with van der Waals surface area (Å²) in [5.41, 5.74) is 0.696. The SMILES string of the molecule is Clc1ccc(-c2nn3c(-c4ccco4)nnc3s2)c(Cl)n1. The molecule has 0 aromatic carbocycles. The van der Waals surface area contributed by atoms with Crippen molar-refractivity contribution in [3.63, 3.8) is 0 Å². The molecular weight excluding hydrogens is 333 g/mol. The monoisotopic (exact) mass is 337 g/mol. The first-order chi connectivity index (χ1) is 10.2. The van der Waals surface area contributed by atoms with Crippen molar-refractivity contribution in [2.75, 3.05) is 0 Å². The zero-order valence-electron chi connectivity index (χ0n) is 10.2. The minimum Gasteiger partial charge on any atom is -0.461 e. The number of aromatic nitrogens is 5. The highest BCUT2D eigenvalue weighted by molar-refractivity contribution is 7.19. The average molecular weight is 338 g/mol. The van der Waals surface area contributed by atoms with Gasteiger partial charge >= 0.3 is 0 Å². The second kappa shape index (κ2) is 4.80. The lowest BCUT2D eigenvalue weighted by Crippen LogP contribution is -1.90. The molecule has 0 radical (unpaired) electrons. The van der Waals surface area contributed by atoms with Gasteiger partial charge in [0.2, 0.25) is 10.8 Å². The largest absolute Gasteiger partial charge is 0.461 e. The van der Waals surface area contributed by atoms with Crippen LogP contribution in [0.1, 0.15) is 0 Å². The zero-order chi connectivity index (χ0) is 14.4. The number of nitrogens with zero attached hydrogens (tertiary/aromatic N) is 5. The van der Waals surface area contributed by atoms with Gasteiger partial charge in [0.15, 0.2) is 10.8 Å². The normalized spacial score (nSPS) is 11.3. The van der Waals surface area contributed by atoms with E-state index in [4.69, 9.17) is 27.6 Å². The van der Waals surface area contributed by atoms with E-state index in [1.54, 1.807) is 35.0 Å². The van der Waals surface area contributed by atoms with E-state index in [0.29, 0.717) is 37.4 Å². The lowest BCUT2D eigenvalue weighted by atomic mass is 10.3. The Kier molecular flexibility index (Phi) is 2.91. The van der Waals surface area contributed by atoms with Crippen molar-refractivity contribution in [1.29, 1.82) is 0 Å². The summed E-state index contributed by atoms with van der Waals surface area (Å²) in [6, 6.07) is 7.02. The van der Waals surface area contributed by atoms with Crippen molar-refractivity contribution in [2.45, 2.75) is 0 Å². The lowest BCUT2D eigenvalue weighted by molar-refractivity contribution is 0.575. The second-order valence-electron chi connectivity index (χ2n) is 4.07. The maximum absolute atomic E-state index is 6.11. The molecule has 0 atom stereocenters. The average Bonchev–Trinajstić information content (AvgIpc) is 3.13. The van der Waals surface area contributed by atoms with Gasteiger partial charge in [-0.15, -0.1) is 10.2 Å². The Bertz CT molecular complexity index is 931. The predicted molar refractivity (Wildman–Crippen MR) is 79.6 cm³/mol. The Balaban J connectivity index is 1.88. The van der Waals surface area contributed by atoms with Crippen molar-refractivity contribution in [3.05, 3.63) is 40.8 Å². The van der Waals surface area contributed by atoms with E-state index in [1.165, 1.54) is 11.3 Å². The first-order valence-electron chi connectivity index (χ1n) is 5.81. The third kappa shape index (κ3) is 2.10. The van der Waals surface area contributed by atoms with Gasteiger partial charge in [-0.2, -0.15) is 9.61 Å². The van der Waals surface area contributed by atoms with Crippen LogP contribution in [0.4, 0.5) is 0 Å². The highest BCUT2D eigenvalue weighted by Gasteiger charge is 2.17. The predicted octanol–water partition coefficient (Wildman–Crippen LogP) is 3.81. The molecule has 0 aliphatic heterocycles. The van der Waals surface area contributed by atoms with Crippen LogP contribution in [0.25, 0.3) is 27.1 Å². The first kappa shape index (κ1) is 12.8. The Morgan fingerprint density at radius 3 is 2.81 bits per heavy atom. The minimum atomic E-state index is 0.298. The number of rotatable bonds is 2. The summed E-state index contributed by atoms with van der Waals surface area (Å²) in [4.78, 5) is 4.65. The van der Waals surface area contributed by atoms with Gasteiger partial charge < -0.3 is 4.42 Å². The van der Waals surface area contributed by atoms with Crippen molar-refractivity contribution >= 4 is 39.5 Å². The van der Waals surface area contributed by atoms with E-state index in [0.717, 1.165) is 0 Å². The maximum atomic E-state index is 6.11. The van der Waals surface area contributed by atoms with Crippen LogP contribution in [0.3, 0.4) is 0 Å². The highest BCUT2D eigenvalue weighted by Crippen LogP contribution is 2.32. The van der Waals surface area contributed by atoms with Crippen LogP contribution in [-0.4, -0.2) is 24.8 Å². The highest BCUT2D eigenvalue weighted by atomic mass is 35.5. The quantitative estimate of drug-likeness (QED) is 0.520. The molecule has 4 rings (SSSR count). The molecule has 4 heterocycles. The lowest BCUT2D eigenvalue weighted by Gasteiger charge is -1.98. The van der Waals surface area contributed by atoms with Crippen LogP contribution in [0.5, 0.6) is 0 Å². The summed E-state index contributed by atoms with van der Waals surface area (Å²) in [5, 5.41) is 13.9. The van der Waals surface area contributed by atoms with Crippen molar-refractivity contribution in [1.82, 2.24) is 24.8 Å². The van der Waals surface area contributed by atoms with Crippen LogP contribution in [0.15, 0.2) is 34.9 Å². The van der Waals surface area contributed by atoms with Gasteiger partial charge in [0.25, 0.3) is 0 Å². The molecule has 0 amide bonds. The number of fused-ring (bicyclic) bond motifs is 1. The fourth-order valence-electron chi connectivity index (χ4n) is 1.86. The van der Waals surface area contributed by atoms with Crippen LogP contribution in [-0.2, 0) is 0 Å². The number of hydrogen-bond acceptors (Lipinski definition) is 6. The molecule has 0 fully saturated rings. The van der Waals surface area contributed by atoms with Crippen LogP contribution in [0, 0.1) is 0 Å². The molecule has 0 bridgehead atoms. The molecule has 104 valence electrons. The Morgan fingerprint density at radius 2 is 2.05 bits per heavy atom. The molecule has 0 saturated heterocycles. The van der Waals surface area contributed by atoms with E-state index in [9.17, 15) is 0 Å². The molecule has 0 aliphatic carbocycles.